The molecule has 0 bridgehead atoms. The highest BCUT2D eigenvalue weighted by Gasteiger charge is 2.16. The SMILES string of the molecule is CC(C)NCc1csc(S(=O)(=O)NCCn2ccnc2)c1. The Morgan fingerprint density at radius 2 is 2.24 bits per heavy atom. The van der Waals surface area contributed by atoms with Crippen molar-refractivity contribution >= 4 is 21.4 Å². The second-order valence-corrected chi connectivity index (χ2v) is 7.91. The van der Waals surface area contributed by atoms with Gasteiger partial charge in [0.2, 0.25) is 10.0 Å². The van der Waals surface area contributed by atoms with Crippen LogP contribution in [0.15, 0.2) is 34.4 Å². The molecule has 0 aromatic carbocycles. The van der Waals surface area contributed by atoms with E-state index in [9.17, 15) is 8.42 Å². The Kier molecular flexibility index (Phi) is 5.51. The fourth-order valence-electron chi connectivity index (χ4n) is 1.71. The Bertz CT molecular complexity index is 648. The third kappa shape index (κ3) is 4.92. The lowest BCUT2D eigenvalue weighted by Crippen LogP contribution is -2.26. The van der Waals surface area contributed by atoms with Crippen LogP contribution in [0.5, 0.6) is 0 Å². The number of nitrogens with one attached hydrogen (secondary N) is 2. The number of aromatic nitrogens is 2. The topological polar surface area (TPSA) is 76.0 Å². The Labute approximate surface area is 129 Å². The van der Waals surface area contributed by atoms with Crippen molar-refractivity contribution < 1.29 is 8.42 Å². The highest BCUT2D eigenvalue weighted by Crippen LogP contribution is 2.20. The molecule has 0 unspecified atom stereocenters. The Hall–Kier alpha value is -1.22. The maximum Gasteiger partial charge on any atom is 0.250 e. The first-order valence-electron chi connectivity index (χ1n) is 6.73. The first kappa shape index (κ1) is 16.2. The van der Waals surface area contributed by atoms with E-state index in [0.717, 1.165) is 5.56 Å². The molecule has 0 atom stereocenters. The molecule has 2 aromatic heterocycles. The van der Waals surface area contributed by atoms with Crippen LogP contribution in [0.3, 0.4) is 0 Å². The zero-order valence-corrected chi connectivity index (χ0v) is 13.7. The largest absolute Gasteiger partial charge is 0.336 e. The van der Waals surface area contributed by atoms with E-state index in [1.165, 1.54) is 11.3 Å². The fourth-order valence-corrected chi connectivity index (χ4v) is 3.98. The molecular weight excluding hydrogens is 308 g/mol. The van der Waals surface area contributed by atoms with Crippen LogP contribution in [0, 0.1) is 0 Å². The van der Waals surface area contributed by atoms with Crippen LogP contribution >= 0.6 is 11.3 Å². The standard InChI is InChI=1S/C13H20N4O2S2/c1-11(2)15-8-12-7-13(20-9-12)21(18,19)16-4-6-17-5-3-14-10-17/h3,5,7,9-11,15-16H,4,6,8H2,1-2H3. The van der Waals surface area contributed by atoms with E-state index in [0.29, 0.717) is 29.9 Å². The van der Waals surface area contributed by atoms with Gasteiger partial charge < -0.3 is 9.88 Å². The Morgan fingerprint density at radius 3 is 2.90 bits per heavy atom. The number of hydrogen-bond acceptors (Lipinski definition) is 5. The molecule has 2 heterocycles. The van der Waals surface area contributed by atoms with E-state index in [-0.39, 0.29) is 0 Å². The minimum atomic E-state index is -3.42. The molecule has 8 heteroatoms. The monoisotopic (exact) mass is 328 g/mol. The lowest BCUT2D eigenvalue weighted by Gasteiger charge is -2.06. The maximum absolute atomic E-state index is 12.2. The quantitative estimate of drug-likeness (QED) is 0.768. The Morgan fingerprint density at radius 1 is 1.43 bits per heavy atom. The lowest BCUT2D eigenvalue weighted by molar-refractivity contribution is 0.574. The summed E-state index contributed by atoms with van der Waals surface area (Å²) in [6.45, 7) is 5.70. The first-order chi connectivity index (χ1) is 9.97. The predicted molar refractivity (Wildman–Crippen MR) is 83.7 cm³/mol. The van der Waals surface area contributed by atoms with Gasteiger partial charge in [0, 0.05) is 38.1 Å². The highest BCUT2D eigenvalue weighted by molar-refractivity contribution is 7.91. The summed E-state index contributed by atoms with van der Waals surface area (Å²) in [4.78, 5) is 3.91. The second kappa shape index (κ2) is 7.17. The van der Waals surface area contributed by atoms with Gasteiger partial charge in [0.1, 0.15) is 4.21 Å². The summed E-state index contributed by atoms with van der Waals surface area (Å²) in [5.41, 5.74) is 0.990. The molecule has 0 aliphatic heterocycles. The molecule has 0 aliphatic carbocycles. The molecule has 0 amide bonds. The van der Waals surface area contributed by atoms with Gasteiger partial charge in [0.25, 0.3) is 0 Å². The number of thiophene rings is 1. The fraction of sp³-hybridized carbons (Fsp3) is 0.462. The van der Waals surface area contributed by atoms with E-state index in [4.69, 9.17) is 0 Å². The summed E-state index contributed by atoms with van der Waals surface area (Å²) in [5.74, 6) is 0. The van der Waals surface area contributed by atoms with Crippen molar-refractivity contribution in [3.63, 3.8) is 0 Å². The molecule has 0 aliphatic rings. The zero-order valence-electron chi connectivity index (χ0n) is 12.1. The van der Waals surface area contributed by atoms with Crippen molar-refractivity contribution in [2.45, 2.75) is 37.2 Å². The van der Waals surface area contributed by atoms with Gasteiger partial charge in [0.05, 0.1) is 6.33 Å². The number of sulfonamides is 1. The van der Waals surface area contributed by atoms with Gasteiger partial charge in [-0.25, -0.2) is 18.1 Å². The number of rotatable bonds is 8. The maximum atomic E-state index is 12.2. The third-order valence-electron chi connectivity index (χ3n) is 2.83. The van der Waals surface area contributed by atoms with Gasteiger partial charge in [-0.3, -0.25) is 0 Å². The number of nitrogens with zero attached hydrogens (tertiary/aromatic N) is 2. The number of hydrogen-bond donors (Lipinski definition) is 2. The van der Waals surface area contributed by atoms with E-state index in [2.05, 4.69) is 28.9 Å². The van der Waals surface area contributed by atoms with Crippen molar-refractivity contribution in [1.29, 1.82) is 0 Å². The molecule has 6 nitrogen and oxygen atoms in total. The van der Waals surface area contributed by atoms with Crippen molar-refractivity contribution in [3.8, 4) is 0 Å². The number of imidazole rings is 1. The van der Waals surface area contributed by atoms with Gasteiger partial charge in [-0.1, -0.05) is 13.8 Å². The van der Waals surface area contributed by atoms with Gasteiger partial charge in [-0.2, -0.15) is 0 Å². The van der Waals surface area contributed by atoms with Crippen LogP contribution in [0.25, 0.3) is 0 Å². The van der Waals surface area contributed by atoms with Crippen molar-refractivity contribution in [3.05, 3.63) is 35.7 Å². The van der Waals surface area contributed by atoms with Crippen molar-refractivity contribution in [2.75, 3.05) is 6.54 Å². The molecule has 0 saturated carbocycles. The third-order valence-corrected chi connectivity index (χ3v) is 5.78. The van der Waals surface area contributed by atoms with E-state index < -0.39 is 10.0 Å². The van der Waals surface area contributed by atoms with Gasteiger partial charge in [0.15, 0.2) is 0 Å². The molecule has 0 radical (unpaired) electrons. The summed E-state index contributed by atoms with van der Waals surface area (Å²) in [6.07, 6.45) is 5.13. The second-order valence-electron chi connectivity index (χ2n) is 5.01. The molecule has 0 saturated heterocycles. The molecule has 2 aromatic rings. The van der Waals surface area contributed by atoms with Crippen molar-refractivity contribution in [2.24, 2.45) is 0 Å². The average Bonchev–Trinajstić information content (AvgIpc) is 3.07. The van der Waals surface area contributed by atoms with Gasteiger partial charge in [-0.15, -0.1) is 11.3 Å². The van der Waals surface area contributed by atoms with E-state index in [1.54, 1.807) is 24.8 Å². The van der Waals surface area contributed by atoms with Crippen LogP contribution in [-0.4, -0.2) is 30.6 Å². The van der Waals surface area contributed by atoms with E-state index >= 15 is 0 Å². The lowest BCUT2D eigenvalue weighted by atomic mass is 10.3. The summed E-state index contributed by atoms with van der Waals surface area (Å²) >= 11 is 1.25. The zero-order chi connectivity index (χ0) is 15.3. The summed E-state index contributed by atoms with van der Waals surface area (Å²) in [7, 11) is -3.42. The van der Waals surface area contributed by atoms with Crippen LogP contribution in [0.4, 0.5) is 0 Å². The smallest absolute Gasteiger partial charge is 0.250 e. The van der Waals surface area contributed by atoms with Gasteiger partial charge in [-0.05, 0) is 17.0 Å². The van der Waals surface area contributed by atoms with Crippen LogP contribution in [0.2, 0.25) is 0 Å². The van der Waals surface area contributed by atoms with E-state index in [1.807, 2.05) is 9.95 Å². The van der Waals surface area contributed by atoms with Gasteiger partial charge >= 0.3 is 0 Å². The summed E-state index contributed by atoms with van der Waals surface area (Å²) in [5, 5.41) is 5.14. The predicted octanol–water partition coefficient (Wildman–Crippen LogP) is 1.42. The molecule has 116 valence electrons. The molecule has 2 N–H and O–H groups in total. The minimum absolute atomic E-state index is 0.343. The summed E-state index contributed by atoms with van der Waals surface area (Å²) in [6, 6.07) is 2.10. The molecule has 2 rings (SSSR count). The summed E-state index contributed by atoms with van der Waals surface area (Å²) < 4.78 is 29.1. The van der Waals surface area contributed by atoms with Crippen molar-refractivity contribution in [1.82, 2.24) is 19.6 Å². The molecular formula is C13H20N4O2S2. The first-order valence-corrected chi connectivity index (χ1v) is 9.10. The molecule has 0 spiro atoms. The molecule has 21 heavy (non-hydrogen) atoms. The van der Waals surface area contributed by atoms with Crippen LogP contribution in [0.1, 0.15) is 19.4 Å². The average molecular weight is 328 g/mol. The van der Waals surface area contributed by atoms with Crippen LogP contribution < -0.4 is 10.0 Å². The Balaban J connectivity index is 1.89. The minimum Gasteiger partial charge on any atom is -0.336 e. The normalized spacial score (nSPS) is 12.1. The highest BCUT2D eigenvalue weighted by atomic mass is 32.2. The van der Waals surface area contributed by atoms with Crippen LogP contribution in [-0.2, 0) is 23.1 Å². The molecule has 0 fully saturated rings.